The van der Waals surface area contributed by atoms with Crippen LogP contribution in [0, 0.1) is 11.7 Å². The molecule has 1 aliphatic rings. The molecule has 0 aliphatic heterocycles. The van der Waals surface area contributed by atoms with Crippen LogP contribution in [0.4, 0.5) is 10.1 Å². The maximum Gasteiger partial charge on any atom is 0.256 e. The van der Waals surface area contributed by atoms with Crippen LogP contribution < -0.4 is 5.32 Å². The van der Waals surface area contributed by atoms with Crippen molar-refractivity contribution in [3.8, 4) is 0 Å². The highest BCUT2D eigenvalue weighted by Gasteiger charge is 2.25. The van der Waals surface area contributed by atoms with Gasteiger partial charge in [-0.3, -0.25) is 4.79 Å². The number of carbonyl (C=O) groups is 1. The molecule has 1 N–H and O–H groups in total. The molecule has 116 valence electrons. The number of para-hydroxylation sites is 1. The van der Waals surface area contributed by atoms with E-state index >= 15 is 0 Å². The van der Waals surface area contributed by atoms with Gasteiger partial charge in [0.25, 0.3) is 5.91 Å². The molecule has 1 aromatic carbocycles. The van der Waals surface area contributed by atoms with E-state index in [4.69, 9.17) is 0 Å². The maximum atomic E-state index is 14.0. The molecule has 1 amide bonds. The Morgan fingerprint density at radius 1 is 1.38 bits per heavy atom. The van der Waals surface area contributed by atoms with E-state index in [1.54, 1.807) is 12.1 Å². The molecule has 4 heteroatoms. The quantitative estimate of drug-likeness (QED) is 0.826. The molecule has 3 nitrogen and oxygen atoms in total. The van der Waals surface area contributed by atoms with Crippen LogP contribution in [0.2, 0.25) is 0 Å². The molecule has 0 aromatic heterocycles. The van der Waals surface area contributed by atoms with Gasteiger partial charge in [-0.25, -0.2) is 4.39 Å². The standard InChI is InChI=1S/C17H25FN2O/c1-3-11-19-16-14(9-6-10-15(16)18)17(21)20(4-2)12-13-7-5-8-13/h6,9-10,13,19H,3-5,7-8,11-12H2,1-2H3. The van der Waals surface area contributed by atoms with E-state index in [0.29, 0.717) is 30.3 Å². The number of anilines is 1. The molecule has 2 rings (SSSR count). The summed E-state index contributed by atoms with van der Waals surface area (Å²) in [5.41, 5.74) is 0.793. The van der Waals surface area contributed by atoms with Crippen molar-refractivity contribution in [3.63, 3.8) is 0 Å². The molecule has 0 heterocycles. The molecule has 21 heavy (non-hydrogen) atoms. The van der Waals surface area contributed by atoms with Gasteiger partial charge in [-0.1, -0.05) is 19.4 Å². The number of nitrogens with zero attached hydrogens (tertiary/aromatic N) is 1. The first-order valence-electron chi connectivity index (χ1n) is 7.99. The van der Waals surface area contributed by atoms with Crippen LogP contribution in [0.1, 0.15) is 49.9 Å². The largest absolute Gasteiger partial charge is 0.382 e. The molecule has 0 saturated heterocycles. The van der Waals surface area contributed by atoms with E-state index in [-0.39, 0.29) is 11.7 Å². The number of benzene rings is 1. The van der Waals surface area contributed by atoms with E-state index in [1.807, 2.05) is 18.7 Å². The second-order valence-electron chi connectivity index (χ2n) is 5.73. The molecule has 0 atom stereocenters. The zero-order valence-corrected chi connectivity index (χ0v) is 13.0. The predicted molar refractivity (Wildman–Crippen MR) is 84.1 cm³/mol. The van der Waals surface area contributed by atoms with Crippen LogP contribution in [-0.4, -0.2) is 30.4 Å². The summed E-state index contributed by atoms with van der Waals surface area (Å²) in [7, 11) is 0. The van der Waals surface area contributed by atoms with Gasteiger partial charge in [0.15, 0.2) is 0 Å². The number of amides is 1. The first kappa shape index (κ1) is 15.8. The average Bonchev–Trinajstić information content (AvgIpc) is 2.44. The number of hydrogen-bond acceptors (Lipinski definition) is 2. The second kappa shape index (κ2) is 7.43. The van der Waals surface area contributed by atoms with Crippen LogP contribution >= 0.6 is 0 Å². The van der Waals surface area contributed by atoms with Crippen molar-refractivity contribution in [2.75, 3.05) is 25.0 Å². The fourth-order valence-electron chi connectivity index (χ4n) is 2.65. The van der Waals surface area contributed by atoms with Gasteiger partial charge in [0.1, 0.15) is 5.82 Å². The fraction of sp³-hybridized carbons (Fsp3) is 0.588. The molecule has 1 aromatic rings. The lowest BCUT2D eigenvalue weighted by molar-refractivity contribution is 0.0707. The summed E-state index contributed by atoms with van der Waals surface area (Å²) in [6, 6.07) is 4.72. The molecule has 1 aliphatic carbocycles. The number of halogens is 1. The van der Waals surface area contributed by atoms with Crippen molar-refractivity contribution in [1.82, 2.24) is 4.90 Å². The minimum Gasteiger partial charge on any atom is -0.382 e. The van der Waals surface area contributed by atoms with E-state index in [0.717, 1.165) is 13.0 Å². The highest BCUT2D eigenvalue weighted by Crippen LogP contribution is 2.28. The Balaban J connectivity index is 2.17. The van der Waals surface area contributed by atoms with Crippen molar-refractivity contribution in [2.45, 2.75) is 39.5 Å². The van der Waals surface area contributed by atoms with Crippen molar-refractivity contribution < 1.29 is 9.18 Å². The van der Waals surface area contributed by atoms with Gasteiger partial charge in [0.2, 0.25) is 0 Å². The molecule has 1 saturated carbocycles. The van der Waals surface area contributed by atoms with Crippen LogP contribution in [0.5, 0.6) is 0 Å². The third-order valence-corrected chi connectivity index (χ3v) is 4.17. The molecular weight excluding hydrogens is 267 g/mol. The Labute approximate surface area is 126 Å². The zero-order valence-electron chi connectivity index (χ0n) is 13.0. The Morgan fingerprint density at radius 2 is 2.14 bits per heavy atom. The Hall–Kier alpha value is -1.58. The molecule has 0 spiro atoms. The second-order valence-corrected chi connectivity index (χ2v) is 5.73. The molecular formula is C17H25FN2O. The van der Waals surface area contributed by atoms with Crippen LogP contribution in [0.15, 0.2) is 18.2 Å². The smallest absolute Gasteiger partial charge is 0.256 e. The summed E-state index contributed by atoms with van der Waals surface area (Å²) in [5, 5.41) is 3.05. The van der Waals surface area contributed by atoms with Gasteiger partial charge in [-0.15, -0.1) is 0 Å². The van der Waals surface area contributed by atoms with Crippen molar-refractivity contribution in [3.05, 3.63) is 29.6 Å². The summed E-state index contributed by atoms with van der Waals surface area (Å²) < 4.78 is 14.0. The van der Waals surface area contributed by atoms with Gasteiger partial charge in [-0.2, -0.15) is 0 Å². The number of nitrogens with one attached hydrogen (secondary N) is 1. The van der Waals surface area contributed by atoms with E-state index in [1.165, 1.54) is 25.3 Å². The SMILES string of the molecule is CCCNc1c(F)cccc1C(=O)N(CC)CC1CCC1. The summed E-state index contributed by atoms with van der Waals surface area (Å²) in [5.74, 6) is 0.200. The maximum absolute atomic E-state index is 14.0. The topological polar surface area (TPSA) is 32.3 Å². The number of rotatable bonds is 7. The minimum atomic E-state index is -0.353. The van der Waals surface area contributed by atoms with Gasteiger partial charge < -0.3 is 10.2 Å². The summed E-state index contributed by atoms with van der Waals surface area (Å²) in [4.78, 5) is 14.5. The summed E-state index contributed by atoms with van der Waals surface area (Å²) in [6.45, 7) is 6.12. The first-order chi connectivity index (χ1) is 10.2. The van der Waals surface area contributed by atoms with E-state index in [2.05, 4.69) is 5.32 Å². The van der Waals surface area contributed by atoms with Crippen LogP contribution in [0.25, 0.3) is 0 Å². The van der Waals surface area contributed by atoms with Crippen LogP contribution in [0.3, 0.4) is 0 Å². The Kier molecular flexibility index (Phi) is 5.59. The fourth-order valence-corrected chi connectivity index (χ4v) is 2.65. The summed E-state index contributed by atoms with van der Waals surface area (Å²) >= 11 is 0. The molecule has 0 bridgehead atoms. The molecule has 0 unspecified atom stereocenters. The molecule has 0 radical (unpaired) electrons. The number of carbonyl (C=O) groups excluding carboxylic acids is 1. The van der Waals surface area contributed by atoms with E-state index < -0.39 is 0 Å². The van der Waals surface area contributed by atoms with Crippen LogP contribution in [-0.2, 0) is 0 Å². The average molecular weight is 292 g/mol. The van der Waals surface area contributed by atoms with Crippen molar-refractivity contribution in [2.24, 2.45) is 5.92 Å². The minimum absolute atomic E-state index is 0.0671. The monoisotopic (exact) mass is 292 g/mol. The zero-order chi connectivity index (χ0) is 15.2. The predicted octanol–water partition coefficient (Wildman–Crippen LogP) is 3.91. The Morgan fingerprint density at radius 3 is 2.71 bits per heavy atom. The molecule has 1 fully saturated rings. The third kappa shape index (κ3) is 3.74. The normalized spacial score (nSPS) is 14.6. The first-order valence-corrected chi connectivity index (χ1v) is 7.99. The number of hydrogen-bond donors (Lipinski definition) is 1. The highest BCUT2D eigenvalue weighted by molar-refractivity contribution is 5.99. The van der Waals surface area contributed by atoms with E-state index in [9.17, 15) is 9.18 Å². The highest BCUT2D eigenvalue weighted by atomic mass is 19.1. The summed E-state index contributed by atoms with van der Waals surface area (Å²) in [6.07, 6.45) is 4.56. The lowest BCUT2D eigenvalue weighted by atomic mass is 9.85. The van der Waals surface area contributed by atoms with Gasteiger partial charge in [0, 0.05) is 19.6 Å². The van der Waals surface area contributed by atoms with Gasteiger partial charge in [0.05, 0.1) is 11.3 Å². The van der Waals surface area contributed by atoms with Gasteiger partial charge in [-0.05, 0) is 44.2 Å². The Bertz CT molecular complexity index is 486. The lowest BCUT2D eigenvalue weighted by Crippen LogP contribution is -2.37. The third-order valence-electron chi connectivity index (χ3n) is 4.17. The van der Waals surface area contributed by atoms with Crippen molar-refractivity contribution in [1.29, 1.82) is 0 Å². The van der Waals surface area contributed by atoms with Crippen molar-refractivity contribution >= 4 is 11.6 Å². The van der Waals surface area contributed by atoms with Gasteiger partial charge >= 0.3 is 0 Å². The lowest BCUT2D eigenvalue weighted by Gasteiger charge is -2.32.